The molecule has 33 heavy (non-hydrogen) atoms. The zero-order valence-electron chi connectivity index (χ0n) is 17.5. The van der Waals surface area contributed by atoms with E-state index in [2.05, 4.69) is 48.0 Å². The number of aromatic amines is 1. The van der Waals surface area contributed by atoms with Crippen LogP contribution in [0.2, 0.25) is 0 Å². The van der Waals surface area contributed by atoms with Gasteiger partial charge in [-0.3, -0.25) is 19.7 Å². The molecule has 11 heteroatoms. The molecule has 6 N–H and O–H groups in total. The molecule has 4 atom stereocenters. The number of amides is 3. The quantitative estimate of drug-likeness (QED) is 0.252. The molecule has 2 heterocycles. The van der Waals surface area contributed by atoms with E-state index in [1.807, 2.05) is 6.07 Å². The van der Waals surface area contributed by atoms with Gasteiger partial charge in [0, 0.05) is 11.7 Å². The largest absolute Gasteiger partial charge is 0.369 e. The van der Waals surface area contributed by atoms with Crippen LogP contribution in [0.3, 0.4) is 0 Å². The lowest BCUT2D eigenvalue weighted by atomic mass is 9.88. The maximum atomic E-state index is 12.1. The number of nitrogens with one attached hydrogen (secondary N) is 4. The van der Waals surface area contributed by atoms with Gasteiger partial charge < -0.3 is 21.4 Å². The molecule has 5 rings (SSSR count). The Morgan fingerprint density at radius 1 is 1.21 bits per heavy atom. The molecule has 0 saturated heterocycles. The normalized spacial score (nSPS) is 22.9. The minimum absolute atomic E-state index is 0.0633. The Hall–Kier alpha value is -4.28. The number of hydrogen-bond acceptors (Lipinski definition) is 8. The Morgan fingerprint density at radius 2 is 2.06 bits per heavy atom. The minimum Gasteiger partial charge on any atom is -0.369 e. The molecule has 2 bridgehead atoms. The summed E-state index contributed by atoms with van der Waals surface area (Å²) in [7, 11) is 0. The van der Waals surface area contributed by atoms with Gasteiger partial charge in [-0.1, -0.05) is 24.3 Å². The lowest BCUT2D eigenvalue weighted by Crippen LogP contribution is -2.41. The van der Waals surface area contributed by atoms with Gasteiger partial charge in [0.25, 0.3) is 0 Å². The molecule has 1 saturated carbocycles. The summed E-state index contributed by atoms with van der Waals surface area (Å²) in [6.07, 6.45) is 7.03. The van der Waals surface area contributed by atoms with Gasteiger partial charge in [-0.2, -0.15) is 9.97 Å². The summed E-state index contributed by atoms with van der Waals surface area (Å²) in [4.78, 5) is 50.7. The van der Waals surface area contributed by atoms with E-state index >= 15 is 0 Å². The molecule has 1 fully saturated rings. The predicted molar refractivity (Wildman–Crippen MR) is 120 cm³/mol. The third kappa shape index (κ3) is 4.00. The first kappa shape index (κ1) is 20.6. The van der Waals surface area contributed by atoms with Crippen molar-refractivity contribution in [3.8, 4) is 0 Å². The first-order chi connectivity index (χ1) is 16.0. The second-order valence-corrected chi connectivity index (χ2v) is 8.23. The maximum absolute atomic E-state index is 12.1. The number of hydrogen-bond donors (Lipinski definition) is 5. The summed E-state index contributed by atoms with van der Waals surface area (Å²) >= 11 is 0. The highest BCUT2D eigenvalue weighted by atomic mass is 16.2. The van der Waals surface area contributed by atoms with E-state index in [4.69, 9.17) is 5.73 Å². The lowest BCUT2D eigenvalue weighted by Gasteiger charge is -2.27. The zero-order valence-corrected chi connectivity index (χ0v) is 17.5. The Balaban J connectivity index is 1.41. The molecular weight excluding hydrogens is 424 g/mol. The van der Waals surface area contributed by atoms with Crippen LogP contribution in [-0.4, -0.2) is 44.2 Å². The van der Waals surface area contributed by atoms with Crippen LogP contribution in [0, 0.1) is 17.8 Å². The number of primary amides is 1. The molecule has 11 nitrogen and oxygen atoms in total. The lowest BCUT2D eigenvalue weighted by molar-refractivity contribution is -0.125. The van der Waals surface area contributed by atoms with Crippen molar-refractivity contribution in [2.75, 3.05) is 10.6 Å². The van der Waals surface area contributed by atoms with Crippen LogP contribution in [0.15, 0.2) is 42.7 Å². The molecule has 2 aliphatic carbocycles. The summed E-state index contributed by atoms with van der Waals surface area (Å²) in [5.74, 6) is 0.119. The van der Waals surface area contributed by atoms with Crippen LogP contribution in [0.5, 0.6) is 0 Å². The SMILES string of the molecule is NC(=O)C1C2C=CC(C2)C1Nc1nc(Nc2cccc(CC(=O)NC=O)c2)nc2[nH]cnc12. The summed E-state index contributed by atoms with van der Waals surface area (Å²) in [6, 6.07) is 7.01. The summed E-state index contributed by atoms with van der Waals surface area (Å²) in [5.41, 5.74) is 8.19. The van der Waals surface area contributed by atoms with Crippen molar-refractivity contribution in [2.45, 2.75) is 18.9 Å². The topological polar surface area (TPSA) is 168 Å². The van der Waals surface area contributed by atoms with Gasteiger partial charge in [-0.25, -0.2) is 4.98 Å². The molecule has 0 spiro atoms. The summed E-state index contributed by atoms with van der Waals surface area (Å²) in [5, 5.41) is 8.67. The van der Waals surface area contributed by atoms with E-state index < -0.39 is 5.91 Å². The standard InChI is InChI=1S/C22H22N8O3/c23-19(33)16-12-4-5-13(8-12)17(16)28-21-18-20(25-9-24-18)29-22(30-21)27-14-3-1-2-11(6-14)7-15(32)26-10-31/h1-6,9-10,12-13,16-17H,7-8H2,(H2,23,33)(H,26,31,32)(H3,24,25,27,28,29,30). The zero-order chi connectivity index (χ0) is 22.9. The number of imidazole rings is 1. The number of H-pyrrole nitrogens is 1. The summed E-state index contributed by atoms with van der Waals surface area (Å²) < 4.78 is 0. The number of carbonyl (C=O) groups is 3. The van der Waals surface area contributed by atoms with Crippen molar-refractivity contribution in [3.05, 3.63) is 48.3 Å². The van der Waals surface area contributed by atoms with E-state index in [-0.39, 0.29) is 36.1 Å². The number of carbonyl (C=O) groups excluding carboxylic acids is 3. The molecule has 3 aromatic rings. The van der Waals surface area contributed by atoms with Gasteiger partial charge in [0.2, 0.25) is 24.2 Å². The Kier molecular flexibility index (Phi) is 5.21. The highest BCUT2D eigenvalue weighted by Crippen LogP contribution is 2.45. The average molecular weight is 446 g/mol. The summed E-state index contributed by atoms with van der Waals surface area (Å²) in [6.45, 7) is 0. The number of benzene rings is 1. The van der Waals surface area contributed by atoms with Crippen LogP contribution in [0.4, 0.5) is 17.5 Å². The van der Waals surface area contributed by atoms with Crippen LogP contribution in [0.25, 0.3) is 11.2 Å². The van der Waals surface area contributed by atoms with E-state index in [9.17, 15) is 14.4 Å². The van der Waals surface area contributed by atoms with Crippen LogP contribution < -0.4 is 21.7 Å². The third-order valence-electron chi connectivity index (χ3n) is 6.14. The van der Waals surface area contributed by atoms with Crippen molar-refractivity contribution in [1.29, 1.82) is 0 Å². The van der Waals surface area contributed by atoms with Crippen LogP contribution in [-0.2, 0) is 20.8 Å². The second-order valence-electron chi connectivity index (χ2n) is 8.23. The third-order valence-corrected chi connectivity index (χ3v) is 6.14. The Morgan fingerprint density at radius 3 is 2.88 bits per heavy atom. The molecule has 0 aliphatic heterocycles. The Bertz CT molecular complexity index is 1270. The number of anilines is 3. The number of aromatic nitrogens is 4. The van der Waals surface area contributed by atoms with Crippen LogP contribution in [0.1, 0.15) is 12.0 Å². The van der Waals surface area contributed by atoms with Gasteiger partial charge in [-0.15, -0.1) is 0 Å². The fourth-order valence-corrected chi connectivity index (χ4v) is 4.75. The van der Waals surface area contributed by atoms with E-state index in [0.29, 0.717) is 35.0 Å². The monoisotopic (exact) mass is 446 g/mol. The molecule has 1 aromatic carbocycles. The van der Waals surface area contributed by atoms with Crippen molar-refractivity contribution in [3.63, 3.8) is 0 Å². The maximum Gasteiger partial charge on any atom is 0.231 e. The average Bonchev–Trinajstić information content (AvgIpc) is 3.50. The number of nitrogens with two attached hydrogens (primary N) is 1. The van der Waals surface area contributed by atoms with Crippen molar-refractivity contribution in [2.24, 2.45) is 23.5 Å². The minimum atomic E-state index is -0.396. The van der Waals surface area contributed by atoms with Gasteiger partial charge in [0.05, 0.1) is 18.7 Å². The van der Waals surface area contributed by atoms with Gasteiger partial charge in [-0.05, 0) is 36.0 Å². The number of imide groups is 1. The predicted octanol–water partition coefficient (Wildman–Crippen LogP) is 0.999. The molecule has 168 valence electrons. The number of nitrogens with zero attached hydrogens (tertiary/aromatic N) is 3. The van der Waals surface area contributed by atoms with Crippen molar-refractivity contribution >= 4 is 46.8 Å². The van der Waals surface area contributed by atoms with Crippen molar-refractivity contribution < 1.29 is 14.4 Å². The number of allylic oxidation sites excluding steroid dienone is 1. The van der Waals surface area contributed by atoms with Crippen LogP contribution >= 0.6 is 0 Å². The molecule has 2 aliphatic rings. The first-order valence-electron chi connectivity index (χ1n) is 10.6. The van der Waals surface area contributed by atoms with Crippen molar-refractivity contribution in [1.82, 2.24) is 25.3 Å². The van der Waals surface area contributed by atoms with E-state index in [1.54, 1.807) is 18.2 Å². The van der Waals surface area contributed by atoms with Gasteiger partial charge in [0.15, 0.2) is 11.5 Å². The second kappa shape index (κ2) is 8.34. The molecular formula is C22H22N8O3. The molecule has 0 radical (unpaired) electrons. The highest BCUT2D eigenvalue weighted by Gasteiger charge is 2.47. The fraction of sp³-hybridized carbons (Fsp3) is 0.273. The fourth-order valence-electron chi connectivity index (χ4n) is 4.75. The molecule has 2 aromatic heterocycles. The number of fused-ring (bicyclic) bond motifs is 3. The number of rotatable bonds is 8. The molecule has 4 unspecified atom stereocenters. The smallest absolute Gasteiger partial charge is 0.231 e. The molecule has 3 amide bonds. The first-order valence-corrected chi connectivity index (χ1v) is 10.6. The van der Waals surface area contributed by atoms with E-state index in [1.165, 1.54) is 6.33 Å². The van der Waals surface area contributed by atoms with Gasteiger partial charge >= 0.3 is 0 Å². The van der Waals surface area contributed by atoms with Gasteiger partial charge in [0.1, 0.15) is 5.52 Å². The highest BCUT2D eigenvalue weighted by molar-refractivity contribution is 5.88. The Labute approximate surface area is 188 Å². The van der Waals surface area contributed by atoms with E-state index in [0.717, 1.165) is 12.0 Å².